The molecule has 1 aliphatic rings. The van der Waals surface area contributed by atoms with Crippen molar-refractivity contribution in [2.45, 2.75) is 51.5 Å². The zero-order chi connectivity index (χ0) is 14.9. The maximum atomic E-state index is 5.35. The molecule has 3 rings (SSSR count). The van der Waals surface area contributed by atoms with Crippen molar-refractivity contribution in [1.29, 1.82) is 0 Å². The van der Waals surface area contributed by atoms with E-state index in [4.69, 9.17) is 4.52 Å². The molecule has 0 spiro atoms. The van der Waals surface area contributed by atoms with Gasteiger partial charge >= 0.3 is 0 Å². The van der Waals surface area contributed by atoms with E-state index in [9.17, 15) is 0 Å². The Morgan fingerprint density at radius 2 is 2.10 bits per heavy atom. The Labute approximate surface area is 124 Å². The van der Waals surface area contributed by atoms with Gasteiger partial charge in [-0.05, 0) is 37.4 Å². The second kappa shape index (κ2) is 5.60. The predicted octanol–water partition coefficient (Wildman–Crippen LogP) is 2.47. The molecule has 3 heterocycles. The van der Waals surface area contributed by atoms with Gasteiger partial charge in [-0.25, -0.2) is 0 Å². The van der Waals surface area contributed by atoms with Crippen molar-refractivity contribution < 1.29 is 4.52 Å². The third-order valence-corrected chi connectivity index (χ3v) is 4.05. The molecule has 1 fully saturated rings. The number of likely N-dealkylation sites (tertiary alicyclic amines) is 1. The number of nitrogens with one attached hydrogen (secondary N) is 1. The predicted molar refractivity (Wildman–Crippen MR) is 78.8 cm³/mol. The fourth-order valence-electron chi connectivity index (χ4n) is 2.73. The summed E-state index contributed by atoms with van der Waals surface area (Å²) in [5.41, 5.74) is 1.24. The van der Waals surface area contributed by atoms with Crippen LogP contribution in [0.2, 0.25) is 0 Å². The number of rotatable bonds is 3. The zero-order valence-corrected chi connectivity index (χ0v) is 13.0. The maximum absolute atomic E-state index is 5.35. The molecule has 0 saturated carbocycles. The maximum Gasteiger partial charge on any atom is 0.232 e. The second-order valence-electron chi connectivity index (χ2n) is 6.85. The summed E-state index contributed by atoms with van der Waals surface area (Å²) in [6.45, 7) is 9.16. The summed E-state index contributed by atoms with van der Waals surface area (Å²) in [7, 11) is 0. The average Bonchev–Trinajstić information content (AvgIpc) is 3.09. The molecule has 2 aromatic rings. The van der Waals surface area contributed by atoms with Crippen LogP contribution >= 0.6 is 0 Å². The van der Waals surface area contributed by atoms with Gasteiger partial charge in [-0.15, -0.1) is 0 Å². The minimum Gasteiger partial charge on any atom is -0.339 e. The topological polar surface area (TPSA) is 70.8 Å². The van der Waals surface area contributed by atoms with Gasteiger partial charge in [-0.2, -0.15) is 10.1 Å². The summed E-state index contributed by atoms with van der Waals surface area (Å²) >= 11 is 0. The lowest BCUT2D eigenvalue weighted by molar-refractivity contribution is 0.197. The van der Waals surface area contributed by atoms with E-state index in [1.807, 2.05) is 12.4 Å². The van der Waals surface area contributed by atoms with Crippen LogP contribution in [0.15, 0.2) is 16.9 Å². The highest BCUT2D eigenvalue weighted by molar-refractivity contribution is 5.11. The van der Waals surface area contributed by atoms with Crippen molar-refractivity contribution >= 4 is 0 Å². The smallest absolute Gasteiger partial charge is 0.232 e. The molecule has 0 radical (unpaired) electrons. The fourth-order valence-corrected chi connectivity index (χ4v) is 2.73. The van der Waals surface area contributed by atoms with Gasteiger partial charge in [-0.1, -0.05) is 25.9 Å². The fraction of sp³-hybridized carbons (Fsp3) is 0.667. The summed E-state index contributed by atoms with van der Waals surface area (Å²) in [5, 5.41) is 11.0. The number of hydrogen-bond donors (Lipinski definition) is 1. The van der Waals surface area contributed by atoms with Gasteiger partial charge in [0.1, 0.15) is 0 Å². The van der Waals surface area contributed by atoms with Crippen LogP contribution < -0.4 is 0 Å². The van der Waals surface area contributed by atoms with Crippen LogP contribution in [-0.2, 0) is 12.0 Å². The van der Waals surface area contributed by atoms with Crippen LogP contribution in [0.4, 0.5) is 0 Å². The van der Waals surface area contributed by atoms with Gasteiger partial charge in [0.15, 0.2) is 5.82 Å². The van der Waals surface area contributed by atoms with E-state index >= 15 is 0 Å². The van der Waals surface area contributed by atoms with E-state index in [2.05, 4.69) is 46.0 Å². The van der Waals surface area contributed by atoms with Crippen molar-refractivity contribution in [3.63, 3.8) is 0 Å². The Kier molecular flexibility index (Phi) is 3.80. The molecular formula is C15H23N5O. The van der Waals surface area contributed by atoms with Crippen LogP contribution in [0.1, 0.15) is 56.8 Å². The van der Waals surface area contributed by atoms with E-state index in [1.54, 1.807) is 0 Å². The first-order chi connectivity index (χ1) is 10.0. The number of hydrogen-bond acceptors (Lipinski definition) is 5. The lowest BCUT2D eigenvalue weighted by Gasteiger charge is -2.30. The molecule has 0 bridgehead atoms. The van der Waals surface area contributed by atoms with Crippen molar-refractivity contribution in [3.05, 3.63) is 29.7 Å². The third kappa shape index (κ3) is 3.32. The minimum atomic E-state index is -0.0838. The van der Waals surface area contributed by atoms with Crippen LogP contribution in [0, 0.1) is 0 Å². The number of nitrogens with zero attached hydrogens (tertiary/aromatic N) is 4. The van der Waals surface area contributed by atoms with Gasteiger partial charge in [0, 0.05) is 11.6 Å². The summed E-state index contributed by atoms with van der Waals surface area (Å²) in [5.74, 6) is 2.13. The molecule has 1 N–H and O–H groups in total. The molecule has 0 unspecified atom stereocenters. The van der Waals surface area contributed by atoms with Crippen LogP contribution in [-0.4, -0.2) is 38.3 Å². The third-order valence-electron chi connectivity index (χ3n) is 4.05. The molecule has 6 heteroatoms. The molecule has 1 saturated heterocycles. The van der Waals surface area contributed by atoms with Gasteiger partial charge < -0.3 is 4.52 Å². The van der Waals surface area contributed by atoms with E-state index < -0.39 is 0 Å². The largest absolute Gasteiger partial charge is 0.339 e. The monoisotopic (exact) mass is 289 g/mol. The van der Waals surface area contributed by atoms with Crippen molar-refractivity contribution in [1.82, 2.24) is 25.2 Å². The number of piperidine rings is 1. The minimum absolute atomic E-state index is 0.0838. The Bertz CT molecular complexity index is 561. The Hall–Kier alpha value is -1.69. The highest BCUT2D eigenvalue weighted by Gasteiger charge is 2.25. The average molecular weight is 289 g/mol. The standard InChI is InChI=1S/C15H23N5O/c1-15(2,3)14-18-13(19-21-14)10-20-6-4-11(5-7-20)12-8-16-17-9-12/h8-9,11H,4-7,10H2,1-3H3,(H,16,17). The Balaban J connectivity index is 1.55. The highest BCUT2D eigenvalue weighted by atomic mass is 16.5. The Morgan fingerprint density at radius 1 is 1.33 bits per heavy atom. The number of aromatic nitrogens is 4. The highest BCUT2D eigenvalue weighted by Crippen LogP contribution is 2.28. The molecule has 0 aromatic carbocycles. The van der Waals surface area contributed by atoms with Crippen molar-refractivity contribution in [3.8, 4) is 0 Å². The first-order valence-electron chi connectivity index (χ1n) is 7.56. The van der Waals surface area contributed by atoms with Gasteiger partial charge in [-0.3, -0.25) is 10.00 Å². The van der Waals surface area contributed by atoms with Crippen LogP contribution in [0.5, 0.6) is 0 Å². The molecule has 2 aromatic heterocycles. The van der Waals surface area contributed by atoms with E-state index in [0.29, 0.717) is 11.8 Å². The van der Waals surface area contributed by atoms with Gasteiger partial charge in [0.05, 0.1) is 12.7 Å². The lowest BCUT2D eigenvalue weighted by Crippen LogP contribution is -2.32. The number of H-pyrrole nitrogens is 1. The van der Waals surface area contributed by atoms with Gasteiger partial charge in [0.25, 0.3) is 0 Å². The van der Waals surface area contributed by atoms with E-state index in [1.165, 1.54) is 5.56 Å². The molecule has 21 heavy (non-hydrogen) atoms. The summed E-state index contributed by atoms with van der Waals surface area (Å²) < 4.78 is 5.35. The molecule has 0 amide bonds. The first-order valence-corrected chi connectivity index (χ1v) is 7.56. The molecule has 0 aliphatic carbocycles. The summed E-state index contributed by atoms with van der Waals surface area (Å²) in [4.78, 5) is 6.91. The van der Waals surface area contributed by atoms with Crippen LogP contribution in [0.25, 0.3) is 0 Å². The molecule has 1 aliphatic heterocycles. The zero-order valence-electron chi connectivity index (χ0n) is 13.0. The summed E-state index contributed by atoms with van der Waals surface area (Å²) in [6.07, 6.45) is 6.26. The molecule has 6 nitrogen and oxygen atoms in total. The van der Waals surface area contributed by atoms with E-state index in [-0.39, 0.29) is 5.41 Å². The SMILES string of the molecule is CC(C)(C)c1nc(CN2CCC(c3cn[nH]c3)CC2)no1. The van der Waals surface area contributed by atoms with Crippen LogP contribution in [0.3, 0.4) is 0 Å². The van der Waals surface area contributed by atoms with E-state index in [0.717, 1.165) is 38.3 Å². The molecule has 114 valence electrons. The summed E-state index contributed by atoms with van der Waals surface area (Å²) in [6, 6.07) is 0. The first kappa shape index (κ1) is 14.3. The van der Waals surface area contributed by atoms with Crippen molar-refractivity contribution in [2.75, 3.05) is 13.1 Å². The van der Waals surface area contributed by atoms with Crippen molar-refractivity contribution in [2.24, 2.45) is 0 Å². The quantitative estimate of drug-likeness (QED) is 0.940. The normalized spacial score (nSPS) is 18.2. The molecular weight excluding hydrogens is 266 g/mol. The second-order valence-corrected chi connectivity index (χ2v) is 6.85. The lowest BCUT2D eigenvalue weighted by atomic mass is 9.91. The Morgan fingerprint density at radius 3 is 2.67 bits per heavy atom. The molecule has 0 atom stereocenters. The van der Waals surface area contributed by atoms with Gasteiger partial charge in [0.2, 0.25) is 5.89 Å². The number of aromatic amines is 1.